The van der Waals surface area contributed by atoms with Crippen LogP contribution in [0.25, 0.3) is 0 Å². The van der Waals surface area contributed by atoms with Gasteiger partial charge in [0.25, 0.3) is 5.91 Å². The smallest absolute Gasteiger partial charge is 0.339 e. The molecular formula is C20H22N2O6S. The third kappa shape index (κ3) is 6.15. The van der Waals surface area contributed by atoms with E-state index in [0.29, 0.717) is 5.69 Å². The van der Waals surface area contributed by atoms with E-state index in [4.69, 9.17) is 4.74 Å². The first-order chi connectivity index (χ1) is 13.6. The molecule has 2 aromatic rings. The largest absolute Gasteiger partial charge is 0.452 e. The Hall–Kier alpha value is -3.20. The van der Waals surface area contributed by atoms with Gasteiger partial charge in [-0.25, -0.2) is 13.2 Å². The molecule has 2 N–H and O–H groups in total. The Kier molecular flexibility index (Phi) is 7.11. The van der Waals surface area contributed by atoms with Gasteiger partial charge in [0, 0.05) is 11.9 Å². The predicted molar refractivity (Wildman–Crippen MR) is 107 cm³/mol. The molecule has 0 aliphatic rings. The highest BCUT2D eigenvalue weighted by atomic mass is 32.2. The number of hydrogen-bond acceptors (Lipinski definition) is 6. The Bertz CT molecular complexity index is 1030. The van der Waals surface area contributed by atoms with Crippen LogP contribution in [-0.2, 0) is 24.2 Å². The molecule has 0 atom stereocenters. The van der Waals surface area contributed by atoms with Crippen molar-refractivity contribution >= 4 is 33.3 Å². The van der Waals surface area contributed by atoms with Crippen molar-refractivity contribution in [2.75, 3.05) is 24.7 Å². The fraction of sp³-hybridized carbons (Fsp3) is 0.250. The van der Waals surface area contributed by atoms with Gasteiger partial charge in [-0.05, 0) is 37.1 Å². The third-order valence-electron chi connectivity index (χ3n) is 4.03. The average Bonchev–Trinajstić information content (AvgIpc) is 2.66. The maximum Gasteiger partial charge on any atom is 0.339 e. The summed E-state index contributed by atoms with van der Waals surface area (Å²) in [6, 6.07) is 11.1. The fourth-order valence-electron chi connectivity index (χ4n) is 2.59. The zero-order chi connectivity index (χ0) is 21.6. The highest BCUT2D eigenvalue weighted by Gasteiger charge is 2.20. The molecule has 0 saturated carbocycles. The number of carbonyl (C=O) groups is 3. The summed E-state index contributed by atoms with van der Waals surface area (Å²) in [4.78, 5) is 35.8. The normalized spacial score (nSPS) is 10.9. The van der Waals surface area contributed by atoms with Crippen LogP contribution < -0.4 is 10.6 Å². The van der Waals surface area contributed by atoms with E-state index >= 15 is 0 Å². The minimum atomic E-state index is -3.63. The van der Waals surface area contributed by atoms with E-state index < -0.39 is 34.2 Å². The molecule has 29 heavy (non-hydrogen) atoms. The first kappa shape index (κ1) is 22.1. The van der Waals surface area contributed by atoms with E-state index in [2.05, 4.69) is 10.6 Å². The lowest BCUT2D eigenvalue weighted by molar-refractivity contribution is -0.126. The first-order valence-electron chi connectivity index (χ1n) is 8.68. The van der Waals surface area contributed by atoms with Crippen molar-refractivity contribution in [2.24, 2.45) is 0 Å². The van der Waals surface area contributed by atoms with Crippen LogP contribution in [0, 0.1) is 13.8 Å². The molecule has 0 aliphatic heterocycles. The van der Waals surface area contributed by atoms with E-state index in [1.807, 2.05) is 32.0 Å². The number of para-hydroxylation sites is 1. The van der Waals surface area contributed by atoms with Crippen LogP contribution in [0.5, 0.6) is 0 Å². The lowest BCUT2D eigenvalue weighted by Crippen LogP contribution is -2.35. The summed E-state index contributed by atoms with van der Waals surface area (Å²) in [7, 11) is -3.63. The summed E-state index contributed by atoms with van der Waals surface area (Å²) in [6.07, 6.45) is 0.973. The molecule has 2 amide bonds. The quantitative estimate of drug-likeness (QED) is 0.660. The van der Waals surface area contributed by atoms with E-state index in [9.17, 15) is 22.8 Å². The fourth-order valence-corrected chi connectivity index (χ4v) is 3.47. The van der Waals surface area contributed by atoms with Gasteiger partial charge in [-0.2, -0.15) is 0 Å². The zero-order valence-corrected chi connectivity index (χ0v) is 17.1. The lowest BCUT2D eigenvalue weighted by atomic mass is 10.1. The molecule has 9 heteroatoms. The second kappa shape index (κ2) is 9.33. The Morgan fingerprint density at radius 1 is 0.931 bits per heavy atom. The number of rotatable bonds is 7. The van der Waals surface area contributed by atoms with Gasteiger partial charge in [-0.15, -0.1) is 0 Å². The number of sulfone groups is 1. The summed E-state index contributed by atoms with van der Waals surface area (Å²) in [5, 5.41) is 5.07. The molecule has 0 saturated heterocycles. The van der Waals surface area contributed by atoms with Crippen LogP contribution >= 0.6 is 0 Å². The number of anilines is 1. The molecule has 0 spiro atoms. The third-order valence-corrected chi connectivity index (χ3v) is 5.19. The van der Waals surface area contributed by atoms with Crippen LogP contribution in [0.2, 0.25) is 0 Å². The van der Waals surface area contributed by atoms with Crippen LogP contribution in [-0.4, -0.2) is 45.6 Å². The van der Waals surface area contributed by atoms with Gasteiger partial charge in [0.1, 0.15) is 0 Å². The summed E-state index contributed by atoms with van der Waals surface area (Å²) in [5.41, 5.74) is 2.30. The van der Waals surface area contributed by atoms with Crippen molar-refractivity contribution in [3.63, 3.8) is 0 Å². The van der Waals surface area contributed by atoms with Gasteiger partial charge in [-0.3, -0.25) is 9.59 Å². The van der Waals surface area contributed by atoms with Crippen molar-refractivity contribution in [1.29, 1.82) is 0 Å². The first-order valence-corrected chi connectivity index (χ1v) is 10.6. The van der Waals surface area contributed by atoms with Gasteiger partial charge >= 0.3 is 5.97 Å². The Morgan fingerprint density at radius 2 is 1.55 bits per heavy atom. The number of esters is 1. The highest BCUT2D eigenvalue weighted by molar-refractivity contribution is 7.90. The molecule has 0 radical (unpaired) electrons. The maximum atomic E-state index is 12.1. The molecule has 0 aromatic heterocycles. The molecule has 154 valence electrons. The molecule has 0 fully saturated rings. The number of hydrogen-bond donors (Lipinski definition) is 2. The number of nitrogens with one attached hydrogen (secondary N) is 2. The molecule has 8 nitrogen and oxygen atoms in total. The molecule has 0 aliphatic carbocycles. The predicted octanol–water partition coefficient (Wildman–Crippen LogP) is 1.62. The van der Waals surface area contributed by atoms with Gasteiger partial charge in [0.05, 0.1) is 17.0 Å². The highest BCUT2D eigenvalue weighted by Crippen LogP contribution is 2.19. The Balaban J connectivity index is 1.88. The molecule has 2 rings (SSSR count). The summed E-state index contributed by atoms with van der Waals surface area (Å²) in [6.45, 7) is 2.77. The van der Waals surface area contributed by atoms with Crippen molar-refractivity contribution in [3.05, 3.63) is 59.2 Å². The number of aryl methyl sites for hydroxylation is 2. The number of ether oxygens (including phenoxy) is 1. The van der Waals surface area contributed by atoms with E-state index in [1.165, 1.54) is 24.3 Å². The van der Waals surface area contributed by atoms with Crippen LogP contribution in [0.3, 0.4) is 0 Å². The zero-order valence-electron chi connectivity index (χ0n) is 16.3. The second-order valence-corrected chi connectivity index (χ2v) is 8.42. The monoisotopic (exact) mass is 418 g/mol. The van der Waals surface area contributed by atoms with Crippen molar-refractivity contribution in [2.45, 2.75) is 18.7 Å². The minimum absolute atomic E-state index is 0.157. The van der Waals surface area contributed by atoms with Gasteiger partial charge in [0.15, 0.2) is 16.4 Å². The van der Waals surface area contributed by atoms with E-state index in [-0.39, 0.29) is 17.0 Å². The maximum absolute atomic E-state index is 12.1. The van der Waals surface area contributed by atoms with Crippen molar-refractivity contribution in [1.82, 2.24) is 5.32 Å². The summed E-state index contributed by atoms with van der Waals surface area (Å²) < 4.78 is 28.3. The SMILES string of the molecule is Cc1cccc(C)c1NC(=O)CNC(=O)COC(=O)c1ccccc1S(C)(=O)=O. The summed E-state index contributed by atoms with van der Waals surface area (Å²) >= 11 is 0. The number of benzene rings is 2. The second-order valence-electron chi connectivity index (χ2n) is 6.44. The standard InChI is InChI=1S/C20H22N2O6S/c1-13-7-6-8-14(2)19(13)22-17(23)11-21-18(24)12-28-20(25)15-9-4-5-10-16(15)29(3,26)27/h4-10H,11-12H2,1-3H3,(H,21,24)(H,22,23). The molecule has 0 unspecified atom stereocenters. The topological polar surface area (TPSA) is 119 Å². The van der Waals surface area contributed by atoms with Crippen LogP contribution in [0.4, 0.5) is 5.69 Å². The van der Waals surface area contributed by atoms with E-state index in [1.54, 1.807) is 0 Å². The molecule has 2 aromatic carbocycles. The molecular weight excluding hydrogens is 396 g/mol. The average molecular weight is 418 g/mol. The lowest BCUT2D eigenvalue weighted by Gasteiger charge is -2.12. The Morgan fingerprint density at radius 3 is 2.17 bits per heavy atom. The van der Waals surface area contributed by atoms with Crippen molar-refractivity contribution < 1.29 is 27.5 Å². The summed E-state index contributed by atoms with van der Waals surface area (Å²) in [5.74, 6) is -2.06. The number of carbonyl (C=O) groups excluding carboxylic acids is 3. The van der Waals surface area contributed by atoms with Crippen LogP contribution in [0.1, 0.15) is 21.5 Å². The minimum Gasteiger partial charge on any atom is -0.452 e. The van der Waals surface area contributed by atoms with Crippen molar-refractivity contribution in [3.8, 4) is 0 Å². The van der Waals surface area contributed by atoms with Gasteiger partial charge in [-0.1, -0.05) is 30.3 Å². The Labute approximate surface area is 169 Å². The van der Waals surface area contributed by atoms with Gasteiger partial charge < -0.3 is 15.4 Å². The molecule has 0 heterocycles. The molecule has 0 bridgehead atoms. The van der Waals surface area contributed by atoms with Gasteiger partial charge in [0.2, 0.25) is 5.91 Å². The van der Waals surface area contributed by atoms with Crippen LogP contribution in [0.15, 0.2) is 47.4 Å². The number of amides is 2. The van der Waals surface area contributed by atoms with E-state index in [0.717, 1.165) is 17.4 Å².